The maximum atomic E-state index is 12.3. The zero-order chi connectivity index (χ0) is 14.9. The number of halogens is 2. The van der Waals surface area contributed by atoms with Gasteiger partial charge in [-0.15, -0.1) is 0 Å². The normalized spacial score (nSPS) is 10.6. The van der Waals surface area contributed by atoms with Gasteiger partial charge in [0.2, 0.25) is 0 Å². The fraction of sp³-hybridized carbons (Fsp3) is 0.273. The van der Waals surface area contributed by atoms with Crippen LogP contribution in [-0.2, 0) is 6.54 Å². The van der Waals surface area contributed by atoms with Crippen molar-refractivity contribution < 1.29 is 4.79 Å². The molecule has 0 spiro atoms. The molecule has 0 aliphatic heterocycles. The molecule has 7 nitrogen and oxygen atoms in total. The van der Waals surface area contributed by atoms with Gasteiger partial charge in [0, 0.05) is 6.54 Å². The molecule has 3 N–H and O–H groups in total. The molecular formula is C11H12Cl2N6O. The number of aromatic nitrogens is 4. The molecule has 0 bridgehead atoms. The van der Waals surface area contributed by atoms with Crippen molar-refractivity contribution in [3.8, 4) is 0 Å². The van der Waals surface area contributed by atoms with Gasteiger partial charge in [0.15, 0.2) is 10.3 Å². The lowest BCUT2D eigenvalue weighted by Gasteiger charge is -2.09. The molecule has 0 aliphatic rings. The Kier molecular flexibility index (Phi) is 4.10. The van der Waals surface area contributed by atoms with Crippen molar-refractivity contribution in [2.75, 3.05) is 11.1 Å². The van der Waals surface area contributed by atoms with Gasteiger partial charge < -0.3 is 11.1 Å². The number of hydrogen-bond acceptors (Lipinski definition) is 5. The van der Waals surface area contributed by atoms with Gasteiger partial charge in [0.1, 0.15) is 17.7 Å². The number of amides is 1. The van der Waals surface area contributed by atoms with Gasteiger partial charge in [-0.25, -0.2) is 9.97 Å². The lowest BCUT2D eigenvalue weighted by Crippen LogP contribution is -2.19. The third-order valence-electron chi connectivity index (χ3n) is 2.68. The summed E-state index contributed by atoms with van der Waals surface area (Å²) in [5.41, 5.74) is 7.15. The van der Waals surface area contributed by atoms with E-state index in [0.717, 1.165) is 0 Å². The van der Waals surface area contributed by atoms with Gasteiger partial charge in [0.05, 0.1) is 11.4 Å². The number of nitrogen functional groups attached to an aromatic ring is 1. The van der Waals surface area contributed by atoms with Crippen LogP contribution in [0.4, 0.5) is 11.4 Å². The van der Waals surface area contributed by atoms with Crippen LogP contribution in [0.5, 0.6) is 0 Å². The maximum Gasteiger partial charge on any atom is 0.276 e. The number of aryl methyl sites for hydroxylation is 2. The molecule has 2 aromatic rings. The number of nitrogens with one attached hydrogen (secondary N) is 1. The molecule has 1 amide bonds. The molecule has 9 heteroatoms. The minimum Gasteiger partial charge on any atom is -0.395 e. The van der Waals surface area contributed by atoms with E-state index in [-0.39, 0.29) is 21.7 Å². The SMILES string of the molecule is CCn1nc(C)c(N)c1C(=O)Nc1c(Cl)ncnc1Cl. The summed E-state index contributed by atoms with van der Waals surface area (Å²) in [5, 5.41) is 6.83. The highest BCUT2D eigenvalue weighted by Crippen LogP contribution is 2.27. The Labute approximate surface area is 125 Å². The molecule has 0 saturated heterocycles. The van der Waals surface area contributed by atoms with Crippen LogP contribution in [0.25, 0.3) is 0 Å². The number of carbonyl (C=O) groups excluding carboxylic acids is 1. The van der Waals surface area contributed by atoms with Crippen molar-refractivity contribution in [1.29, 1.82) is 0 Å². The Morgan fingerprint density at radius 3 is 2.55 bits per heavy atom. The third kappa shape index (κ3) is 2.54. The minimum atomic E-state index is -0.469. The van der Waals surface area contributed by atoms with E-state index in [1.54, 1.807) is 6.92 Å². The second kappa shape index (κ2) is 5.64. The smallest absolute Gasteiger partial charge is 0.276 e. The van der Waals surface area contributed by atoms with E-state index >= 15 is 0 Å². The molecule has 0 atom stereocenters. The highest BCUT2D eigenvalue weighted by Gasteiger charge is 2.21. The fourth-order valence-electron chi connectivity index (χ4n) is 1.68. The lowest BCUT2D eigenvalue weighted by atomic mass is 10.3. The largest absolute Gasteiger partial charge is 0.395 e. The van der Waals surface area contributed by atoms with Gasteiger partial charge in [-0.2, -0.15) is 5.10 Å². The Morgan fingerprint density at radius 2 is 2.00 bits per heavy atom. The van der Waals surface area contributed by atoms with Gasteiger partial charge >= 0.3 is 0 Å². The van der Waals surface area contributed by atoms with Crippen molar-refractivity contribution in [3.63, 3.8) is 0 Å². The van der Waals surface area contributed by atoms with Gasteiger partial charge in [-0.05, 0) is 13.8 Å². The van der Waals surface area contributed by atoms with Crippen LogP contribution in [0.2, 0.25) is 10.3 Å². The summed E-state index contributed by atoms with van der Waals surface area (Å²) in [5.74, 6) is -0.469. The third-order valence-corrected chi connectivity index (χ3v) is 3.25. The van der Waals surface area contributed by atoms with Crippen LogP contribution < -0.4 is 11.1 Å². The zero-order valence-electron chi connectivity index (χ0n) is 10.8. The number of anilines is 2. The number of rotatable bonds is 3. The second-order valence-electron chi connectivity index (χ2n) is 3.95. The Bertz CT molecular complexity index is 649. The minimum absolute atomic E-state index is 0.0520. The van der Waals surface area contributed by atoms with Crippen LogP contribution >= 0.6 is 23.2 Å². The molecule has 2 aromatic heterocycles. The molecule has 2 heterocycles. The van der Waals surface area contributed by atoms with Crippen molar-refractivity contribution >= 4 is 40.5 Å². The average Bonchev–Trinajstić information content (AvgIpc) is 2.69. The Hall–Kier alpha value is -1.86. The molecule has 106 valence electrons. The van der Waals surface area contributed by atoms with Crippen LogP contribution in [0.15, 0.2) is 6.33 Å². The Morgan fingerprint density at radius 1 is 1.40 bits per heavy atom. The Balaban J connectivity index is 2.38. The van der Waals surface area contributed by atoms with Crippen molar-refractivity contribution in [1.82, 2.24) is 19.7 Å². The second-order valence-corrected chi connectivity index (χ2v) is 4.66. The van der Waals surface area contributed by atoms with E-state index in [2.05, 4.69) is 20.4 Å². The number of carbonyl (C=O) groups is 1. The summed E-state index contributed by atoms with van der Waals surface area (Å²) in [4.78, 5) is 19.8. The summed E-state index contributed by atoms with van der Waals surface area (Å²) in [6.45, 7) is 4.09. The first-order valence-corrected chi connectivity index (χ1v) is 6.51. The summed E-state index contributed by atoms with van der Waals surface area (Å²) >= 11 is 11.8. The zero-order valence-corrected chi connectivity index (χ0v) is 12.3. The highest BCUT2D eigenvalue weighted by atomic mass is 35.5. The van der Waals surface area contributed by atoms with E-state index in [1.165, 1.54) is 11.0 Å². The van der Waals surface area contributed by atoms with Crippen LogP contribution in [0.1, 0.15) is 23.1 Å². The monoisotopic (exact) mass is 314 g/mol. The van der Waals surface area contributed by atoms with E-state index in [0.29, 0.717) is 17.9 Å². The first-order chi connectivity index (χ1) is 9.45. The number of nitrogens with two attached hydrogens (primary N) is 1. The predicted octanol–water partition coefficient (Wildman–Crippen LogP) is 2.14. The van der Waals surface area contributed by atoms with Crippen molar-refractivity contribution in [3.05, 3.63) is 28.0 Å². The maximum absolute atomic E-state index is 12.3. The summed E-state index contributed by atoms with van der Waals surface area (Å²) in [6.07, 6.45) is 1.20. The average molecular weight is 315 g/mol. The molecule has 0 aromatic carbocycles. The molecule has 2 rings (SSSR count). The molecule has 0 aliphatic carbocycles. The lowest BCUT2D eigenvalue weighted by molar-refractivity contribution is 0.101. The van der Waals surface area contributed by atoms with E-state index in [1.807, 2.05) is 6.92 Å². The molecular weight excluding hydrogens is 303 g/mol. The van der Waals surface area contributed by atoms with Crippen molar-refractivity contribution in [2.45, 2.75) is 20.4 Å². The predicted molar refractivity (Wildman–Crippen MR) is 77.1 cm³/mol. The summed E-state index contributed by atoms with van der Waals surface area (Å²) < 4.78 is 1.51. The first kappa shape index (κ1) is 14.5. The standard InChI is InChI=1S/C11H12Cl2N6O/c1-3-19-8(6(14)5(2)18-19)11(20)17-7-9(12)15-4-16-10(7)13/h4H,3,14H2,1-2H3,(H,17,20). The summed E-state index contributed by atoms with van der Waals surface area (Å²) in [6, 6.07) is 0. The topological polar surface area (TPSA) is 98.7 Å². The molecule has 0 fully saturated rings. The quantitative estimate of drug-likeness (QED) is 0.846. The van der Waals surface area contributed by atoms with Crippen LogP contribution in [0.3, 0.4) is 0 Å². The number of nitrogens with zero attached hydrogens (tertiary/aromatic N) is 4. The number of hydrogen-bond donors (Lipinski definition) is 2. The van der Waals surface area contributed by atoms with Crippen molar-refractivity contribution in [2.24, 2.45) is 0 Å². The van der Waals surface area contributed by atoms with Crippen LogP contribution in [-0.4, -0.2) is 25.7 Å². The van der Waals surface area contributed by atoms with E-state index in [9.17, 15) is 4.79 Å². The van der Waals surface area contributed by atoms with Crippen LogP contribution in [0, 0.1) is 6.92 Å². The summed E-state index contributed by atoms with van der Waals surface area (Å²) in [7, 11) is 0. The fourth-order valence-corrected chi connectivity index (χ4v) is 2.09. The molecule has 0 unspecified atom stereocenters. The molecule has 20 heavy (non-hydrogen) atoms. The molecule has 0 radical (unpaired) electrons. The molecule has 0 saturated carbocycles. The van der Waals surface area contributed by atoms with E-state index in [4.69, 9.17) is 28.9 Å². The van der Waals surface area contributed by atoms with Gasteiger partial charge in [-0.3, -0.25) is 9.48 Å². The highest BCUT2D eigenvalue weighted by molar-refractivity contribution is 6.38. The van der Waals surface area contributed by atoms with Gasteiger partial charge in [-0.1, -0.05) is 23.2 Å². The van der Waals surface area contributed by atoms with E-state index < -0.39 is 5.91 Å². The first-order valence-electron chi connectivity index (χ1n) is 5.75. The van der Waals surface area contributed by atoms with Gasteiger partial charge in [0.25, 0.3) is 5.91 Å².